The van der Waals surface area contributed by atoms with Gasteiger partial charge in [-0.2, -0.15) is 0 Å². The number of urea groups is 1. The maximum absolute atomic E-state index is 14.2. The van der Waals surface area contributed by atoms with Gasteiger partial charge in [0.1, 0.15) is 11.5 Å². The Bertz CT molecular complexity index is 1100. The van der Waals surface area contributed by atoms with E-state index in [-0.39, 0.29) is 12.1 Å². The van der Waals surface area contributed by atoms with Gasteiger partial charge in [0, 0.05) is 12.6 Å². The number of carbonyl (C=O) groups is 2. The van der Waals surface area contributed by atoms with Crippen LogP contribution in [0.2, 0.25) is 0 Å². The van der Waals surface area contributed by atoms with Crippen molar-refractivity contribution in [1.82, 2.24) is 19.6 Å². The van der Waals surface area contributed by atoms with Crippen molar-refractivity contribution in [3.8, 4) is 0 Å². The molecule has 1 atom stereocenters. The fraction of sp³-hybridized carbons (Fsp3) is 0.381. The van der Waals surface area contributed by atoms with Crippen LogP contribution in [0, 0.1) is 19.7 Å². The lowest BCUT2D eigenvalue weighted by molar-refractivity contribution is -0.537. The molecule has 1 aromatic carbocycles. The normalized spacial score (nSPS) is 19.0. The number of imide groups is 1. The Labute approximate surface area is 173 Å². The first-order valence-corrected chi connectivity index (χ1v) is 9.91. The summed E-state index contributed by atoms with van der Waals surface area (Å²) in [7, 11) is 1.59. The molecule has 0 N–H and O–H groups in total. The zero-order valence-corrected chi connectivity index (χ0v) is 17.5. The lowest BCUT2D eigenvalue weighted by Crippen LogP contribution is -2.62. The van der Waals surface area contributed by atoms with Crippen LogP contribution in [0.3, 0.4) is 0 Å². The number of hydrogen-bond acceptors (Lipinski definition) is 4. The van der Waals surface area contributed by atoms with Gasteiger partial charge in [-0.15, -0.1) is 9.78 Å². The molecule has 2 aromatic rings. The summed E-state index contributed by atoms with van der Waals surface area (Å²) in [5.41, 5.74) is 2.01. The molecule has 0 radical (unpaired) electrons. The smallest absolute Gasteiger partial charge is 0.270 e. The lowest BCUT2D eigenvalue weighted by Gasteiger charge is -2.34. The molecule has 2 aliphatic rings. The molecule has 1 unspecified atom stereocenters. The lowest BCUT2D eigenvalue weighted by atomic mass is 10.1. The van der Waals surface area contributed by atoms with Crippen molar-refractivity contribution in [1.29, 1.82) is 0 Å². The van der Waals surface area contributed by atoms with Gasteiger partial charge in [-0.3, -0.25) is 14.6 Å². The minimum absolute atomic E-state index is 0.131. The van der Waals surface area contributed by atoms with E-state index in [4.69, 9.17) is 0 Å². The van der Waals surface area contributed by atoms with Gasteiger partial charge < -0.3 is 0 Å². The van der Waals surface area contributed by atoms with E-state index in [0.29, 0.717) is 18.3 Å². The third-order valence-electron chi connectivity index (χ3n) is 5.34. The van der Waals surface area contributed by atoms with E-state index in [0.717, 1.165) is 22.7 Å². The summed E-state index contributed by atoms with van der Waals surface area (Å²) in [5.74, 6) is 0.0195. The Morgan fingerprint density at radius 3 is 2.57 bits per heavy atom. The van der Waals surface area contributed by atoms with Gasteiger partial charge in [0.05, 0.1) is 18.8 Å². The highest BCUT2D eigenvalue weighted by Gasteiger charge is 2.53. The fourth-order valence-corrected chi connectivity index (χ4v) is 3.92. The van der Waals surface area contributed by atoms with E-state index >= 15 is 0 Å². The first-order valence-electron chi connectivity index (χ1n) is 9.91. The van der Waals surface area contributed by atoms with Crippen molar-refractivity contribution in [2.75, 3.05) is 13.6 Å². The molecule has 1 aromatic heterocycles. The number of aliphatic imine (C=N–C) groups is 1. The molecule has 0 spiro atoms. The molecular formula is C21H24FN6O2+. The molecule has 1 saturated heterocycles. The number of aryl methyl sites for hydroxylation is 2. The topological polar surface area (TPSA) is 73.8 Å². The van der Waals surface area contributed by atoms with E-state index in [2.05, 4.69) is 10.1 Å². The SMILES string of the molecule is CCC[N+]1=C(n2nc(C)cc2C)N=C2C1C(=O)N(Cc1ccccc1F)C(=O)N2C. The van der Waals surface area contributed by atoms with Crippen molar-refractivity contribution >= 4 is 23.7 Å². The monoisotopic (exact) mass is 411 g/mol. The number of halogens is 1. The fourth-order valence-electron chi connectivity index (χ4n) is 3.92. The Morgan fingerprint density at radius 2 is 1.93 bits per heavy atom. The number of likely N-dealkylation sites (N-methyl/N-ethyl adjacent to an activating group) is 1. The van der Waals surface area contributed by atoms with Gasteiger partial charge in [-0.05, 0) is 32.4 Å². The number of benzene rings is 1. The largest absolute Gasteiger partial charge is 0.421 e. The molecule has 9 heteroatoms. The summed E-state index contributed by atoms with van der Waals surface area (Å²) in [4.78, 5) is 33.5. The number of fused-ring (bicyclic) bond motifs is 1. The highest BCUT2D eigenvalue weighted by molar-refractivity contribution is 6.22. The molecule has 30 heavy (non-hydrogen) atoms. The molecule has 0 aliphatic carbocycles. The van der Waals surface area contributed by atoms with Crippen LogP contribution < -0.4 is 0 Å². The molecule has 3 amide bonds. The summed E-state index contributed by atoms with van der Waals surface area (Å²) in [5, 5.41) is 4.50. The van der Waals surface area contributed by atoms with Crippen LogP contribution in [-0.4, -0.2) is 67.5 Å². The predicted octanol–water partition coefficient (Wildman–Crippen LogP) is 2.14. The third kappa shape index (κ3) is 3.10. The summed E-state index contributed by atoms with van der Waals surface area (Å²) in [6.07, 6.45) is 0.778. The minimum atomic E-state index is -0.752. The van der Waals surface area contributed by atoms with Gasteiger partial charge in [0.15, 0.2) is 0 Å². The van der Waals surface area contributed by atoms with E-state index in [1.54, 1.807) is 29.9 Å². The predicted molar refractivity (Wildman–Crippen MR) is 109 cm³/mol. The van der Waals surface area contributed by atoms with Crippen molar-refractivity contribution < 1.29 is 18.6 Å². The van der Waals surface area contributed by atoms with Gasteiger partial charge in [0.25, 0.3) is 5.91 Å². The van der Waals surface area contributed by atoms with Gasteiger partial charge in [-0.1, -0.05) is 30.1 Å². The van der Waals surface area contributed by atoms with Crippen molar-refractivity contribution in [2.24, 2.45) is 4.99 Å². The summed E-state index contributed by atoms with van der Waals surface area (Å²) >= 11 is 0. The molecule has 8 nitrogen and oxygen atoms in total. The molecule has 0 bridgehead atoms. The third-order valence-corrected chi connectivity index (χ3v) is 5.34. The van der Waals surface area contributed by atoms with Crippen molar-refractivity contribution in [3.05, 3.63) is 53.1 Å². The minimum Gasteiger partial charge on any atom is -0.270 e. The van der Waals surface area contributed by atoms with Crippen LogP contribution in [0.5, 0.6) is 0 Å². The highest BCUT2D eigenvalue weighted by atomic mass is 19.1. The number of carbonyl (C=O) groups excluding carboxylic acids is 2. The number of aromatic nitrogens is 2. The Kier molecular flexibility index (Phi) is 4.97. The number of amidine groups is 1. The van der Waals surface area contributed by atoms with Crippen LogP contribution in [0.15, 0.2) is 35.3 Å². The van der Waals surface area contributed by atoms with Crippen LogP contribution in [0.1, 0.15) is 30.3 Å². The van der Waals surface area contributed by atoms with E-state index in [1.165, 1.54) is 11.0 Å². The zero-order valence-electron chi connectivity index (χ0n) is 17.5. The Hall–Kier alpha value is -3.36. The summed E-state index contributed by atoms with van der Waals surface area (Å²) in [6, 6.07) is 6.81. The first-order chi connectivity index (χ1) is 14.3. The van der Waals surface area contributed by atoms with E-state index in [9.17, 15) is 14.0 Å². The van der Waals surface area contributed by atoms with Crippen LogP contribution in [0.25, 0.3) is 0 Å². The van der Waals surface area contributed by atoms with Crippen LogP contribution >= 0.6 is 0 Å². The number of hydrogen-bond donors (Lipinski definition) is 0. The second-order valence-electron chi connectivity index (χ2n) is 7.56. The van der Waals surface area contributed by atoms with Crippen molar-refractivity contribution in [3.63, 3.8) is 0 Å². The molecule has 156 valence electrons. The highest BCUT2D eigenvalue weighted by Crippen LogP contribution is 2.23. The standard InChI is InChI=1S/C21H24FN6O2/c1-5-10-26-17-18(23-20(26)28-14(3)11-13(2)24-28)25(4)21(30)27(19(17)29)12-15-8-6-7-9-16(15)22/h6-9,11,17H,5,10,12H2,1-4H3/q+1. The van der Waals surface area contributed by atoms with Gasteiger partial charge >= 0.3 is 12.0 Å². The Balaban J connectivity index is 1.78. The van der Waals surface area contributed by atoms with Gasteiger partial charge in [-0.25, -0.2) is 13.8 Å². The molecular weight excluding hydrogens is 387 g/mol. The second-order valence-corrected chi connectivity index (χ2v) is 7.56. The van der Waals surface area contributed by atoms with E-state index in [1.807, 2.05) is 31.4 Å². The number of amides is 3. The first kappa shape index (κ1) is 19.9. The van der Waals surface area contributed by atoms with E-state index < -0.39 is 23.8 Å². The molecule has 4 rings (SSSR count). The maximum Gasteiger partial charge on any atom is 0.421 e. The number of nitrogens with zero attached hydrogens (tertiary/aromatic N) is 6. The van der Waals surface area contributed by atoms with Crippen LogP contribution in [-0.2, 0) is 11.3 Å². The average Bonchev–Trinajstić information content (AvgIpc) is 3.24. The molecule has 0 saturated carbocycles. The number of rotatable bonds is 4. The average molecular weight is 411 g/mol. The Morgan fingerprint density at radius 1 is 1.20 bits per heavy atom. The maximum atomic E-state index is 14.2. The quantitative estimate of drug-likeness (QED) is 0.724. The zero-order chi connectivity index (χ0) is 21.6. The summed E-state index contributed by atoms with van der Waals surface area (Å²) < 4.78 is 17.7. The van der Waals surface area contributed by atoms with Crippen molar-refractivity contribution in [2.45, 2.75) is 39.8 Å². The molecule has 1 fully saturated rings. The molecule has 2 aliphatic heterocycles. The molecule has 3 heterocycles. The second kappa shape index (κ2) is 7.47. The van der Waals surface area contributed by atoms with Gasteiger partial charge in [0.2, 0.25) is 11.9 Å². The summed E-state index contributed by atoms with van der Waals surface area (Å²) in [6.45, 7) is 6.25. The van der Waals surface area contributed by atoms with Crippen LogP contribution in [0.4, 0.5) is 9.18 Å².